The van der Waals surface area contributed by atoms with Crippen molar-refractivity contribution >= 4 is 11.5 Å². The Hall–Kier alpha value is -2.12. The second-order valence-corrected chi connectivity index (χ2v) is 3.34. The van der Waals surface area contributed by atoms with Gasteiger partial charge in [-0.1, -0.05) is 0 Å². The zero-order valence-electron chi connectivity index (χ0n) is 8.51. The number of nitrogens with one attached hydrogen (secondary N) is 2. The lowest BCUT2D eigenvalue weighted by atomic mass is 10.0. The van der Waals surface area contributed by atoms with Crippen molar-refractivity contribution in [3.8, 4) is 0 Å². The number of aromatic amines is 1. The molecular formula is C9H13N7. The van der Waals surface area contributed by atoms with Crippen LogP contribution in [0.2, 0.25) is 0 Å². The predicted molar refractivity (Wildman–Crippen MR) is 60.8 cm³/mol. The molecule has 0 aliphatic rings. The Morgan fingerprint density at radius 1 is 1.25 bits per heavy atom. The van der Waals surface area contributed by atoms with Crippen molar-refractivity contribution in [3.63, 3.8) is 0 Å². The highest BCUT2D eigenvalue weighted by Gasteiger charge is 2.19. The first-order valence-electron chi connectivity index (χ1n) is 4.68. The number of hydrogen-bond donors (Lipinski definition) is 5. The van der Waals surface area contributed by atoms with Crippen LogP contribution in [0.15, 0.2) is 24.7 Å². The summed E-state index contributed by atoms with van der Waals surface area (Å²) in [6, 6.07) is 1.38. The van der Waals surface area contributed by atoms with Crippen molar-refractivity contribution < 1.29 is 0 Å². The quantitative estimate of drug-likeness (QED) is 0.350. The van der Waals surface area contributed by atoms with Crippen LogP contribution in [-0.4, -0.2) is 15.2 Å². The molecule has 0 aliphatic carbocycles. The predicted octanol–water partition coefficient (Wildman–Crippen LogP) is -0.478. The topological polar surface area (TPSA) is 132 Å². The van der Waals surface area contributed by atoms with E-state index in [2.05, 4.69) is 20.6 Å². The number of nitrogen functional groups attached to an aromatic ring is 2. The zero-order chi connectivity index (χ0) is 11.5. The molecule has 1 atom stereocenters. The number of nitrogens with two attached hydrogens (primary N) is 3. The lowest BCUT2D eigenvalue weighted by Crippen LogP contribution is -2.29. The van der Waals surface area contributed by atoms with Gasteiger partial charge in [-0.3, -0.25) is 15.9 Å². The molecule has 0 saturated heterocycles. The largest absolute Gasteiger partial charge is 0.398 e. The van der Waals surface area contributed by atoms with Crippen LogP contribution in [-0.2, 0) is 0 Å². The van der Waals surface area contributed by atoms with E-state index in [0.29, 0.717) is 11.5 Å². The minimum atomic E-state index is -0.326. The Morgan fingerprint density at radius 2 is 2.06 bits per heavy atom. The molecule has 7 heteroatoms. The maximum Gasteiger partial charge on any atom is 0.124 e. The van der Waals surface area contributed by atoms with Crippen LogP contribution in [0, 0.1) is 0 Å². The summed E-state index contributed by atoms with van der Waals surface area (Å²) in [6.07, 6.45) is 4.86. The Labute approximate surface area is 92.0 Å². The van der Waals surface area contributed by atoms with E-state index >= 15 is 0 Å². The van der Waals surface area contributed by atoms with Gasteiger partial charge in [-0.25, -0.2) is 5.43 Å². The molecule has 2 heterocycles. The Balaban J connectivity index is 2.45. The fraction of sp³-hybridized carbons (Fsp3) is 0.111. The molecule has 2 aromatic heterocycles. The van der Waals surface area contributed by atoms with Crippen molar-refractivity contribution in [3.05, 3.63) is 35.8 Å². The van der Waals surface area contributed by atoms with E-state index in [9.17, 15) is 0 Å². The number of rotatable bonds is 3. The van der Waals surface area contributed by atoms with Gasteiger partial charge in [-0.2, -0.15) is 5.10 Å². The van der Waals surface area contributed by atoms with E-state index in [1.807, 2.05) is 0 Å². The number of anilines is 2. The van der Waals surface area contributed by atoms with E-state index in [0.717, 1.165) is 11.1 Å². The third kappa shape index (κ3) is 1.69. The van der Waals surface area contributed by atoms with Gasteiger partial charge >= 0.3 is 0 Å². The fourth-order valence-electron chi connectivity index (χ4n) is 1.54. The SMILES string of the molecule is NNC(c1cnccc1N)c1cn[nH]c1N. The van der Waals surface area contributed by atoms with Gasteiger partial charge in [-0.15, -0.1) is 0 Å². The first-order chi connectivity index (χ1) is 7.74. The molecule has 2 aromatic rings. The van der Waals surface area contributed by atoms with Gasteiger partial charge < -0.3 is 11.5 Å². The van der Waals surface area contributed by atoms with Crippen LogP contribution in [0.25, 0.3) is 0 Å². The van der Waals surface area contributed by atoms with E-state index < -0.39 is 0 Å². The zero-order valence-corrected chi connectivity index (χ0v) is 8.51. The fourth-order valence-corrected chi connectivity index (χ4v) is 1.54. The minimum absolute atomic E-state index is 0.326. The van der Waals surface area contributed by atoms with E-state index in [4.69, 9.17) is 17.3 Å². The lowest BCUT2D eigenvalue weighted by Gasteiger charge is -2.16. The second kappa shape index (κ2) is 4.17. The van der Waals surface area contributed by atoms with Crippen LogP contribution in [0.3, 0.4) is 0 Å². The molecule has 7 nitrogen and oxygen atoms in total. The molecule has 0 saturated carbocycles. The normalized spacial score (nSPS) is 12.6. The summed E-state index contributed by atoms with van der Waals surface area (Å²) in [6.45, 7) is 0. The first-order valence-corrected chi connectivity index (χ1v) is 4.68. The molecule has 0 amide bonds. The van der Waals surface area contributed by atoms with Crippen LogP contribution in [0.4, 0.5) is 11.5 Å². The van der Waals surface area contributed by atoms with Crippen LogP contribution in [0.5, 0.6) is 0 Å². The summed E-state index contributed by atoms with van der Waals surface area (Å²) in [7, 11) is 0. The Kier molecular flexibility index (Phi) is 2.71. The molecular weight excluding hydrogens is 206 g/mol. The van der Waals surface area contributed by atoms with Crippen LogP contribution >= 0.6 is 0 Å². The van der Waals surface area contributed by atoms with Gasteiger partial charge in [-0.05, 0) is 6.07 Å². The maximum atomic E-state index is 5.85. The Bertz CT molecular complexity index is 478. The molecule has 0 fully saturated rings. The highest BCUT2D eigenvalue weighted by molar-refractivity contribution is 5.53. The molecule has 8 N–H and O–H groups in total. The molecule has 1 unspecified atom stereocenters. The molecule has 0 bridgehead atoms. The second-order valence-electron chi connectivity index (χ2n) is 3.34. The summed E-state index contributed by atoms with van der Waals surface area (Å²) in [5, 5.41) is 6.48. The standard InChI is InChI=1S/C9H13N7/c10-7-1-2-13-3-5(7)8(15-12)6-4-14-16-9(6)11/h1-4,8,15H,12H2,(H2,10,13)(H3,11,14,16). The van der Waals surface area contributed by atoms with E-state index in [1.165, 1.54) is 0 Å². The molecule has 16 heavy (non-hydrogen) atoms. The Morgan fingerprint density at radius 3 is 2.62 bits per heavy atom. The first kappa shape index (κ1) is 10.4. The molecule has 0 aromatic carbocycles. The number of hydrazine groups is 1. The van der Waals surface area contributed by atoms with Gasteiger partial charge in [0.1, 0.15) is 5.82 Å². The minimum Gasteiger partial charge on any atom is -0.398 e. The van der Waals surface area contributed by atoms with Crippen molar-refractivity contribution in [1.29, 1.82) is 0 Å². The molecule has 2 rings (SSSR count). The molecule has 0 radical (unpaired) electrons. The number of nitrogens with zero attached hydrogens (tertiary/aromatic N) is 2. The van der Waals surface area contributed by atoms with Crippen LogP contribution in [0.1, 0.15) is 17.2 Å². The van der Waals surface area contributed by atoms with Crippen molar-refractivity contribution in [2.24, 2.45) is 5.84 Å². The van der Waals surface area contributed by atoms with Crippen molar-refractivity contribution in [2.45, 2.75) is 6.04 Å². The summed E-state index contributed by atoms with van der Waals surface area (Å²) in [4.78, 5) is 4.01. The highest BCUT2D eigenvalue weighted by atomic mass is 15.2. The third-order valence-corrected chi connectivity index (χ3v) is 2.38. The summed E-state index contributed by atoms with van der Waals surface area (Å²) < 4.78 is 0. The smallest absolute Gasteiger partial charge is 0.124 e. The monoisotopic (exact) mass is 219 g/mol. The number of hydrogen-bond acceptors (Lipinski definition) is 6. The summed E-state index contributed by atoms with van der Waals surface area (Å²) >= 11 is 0. The highest BCUT2D eigenvalue weighted by Crippen LogP contribution is 2.27. The van der Waals surface area contributed by atoms with Gasteiger partial charge in [0.25, 0.3) is 0 Å². The molecule has 0 spiro atoms. The van der Waals surface area contributed by atoms with E-state index in [-0.39, 0.29) is 6.04 Å². The third-order valence-electron chi connectivity index (χ3n) is 2.38. The average molecular weight is 219 g/mol. The maximum absolute atomic E-state index is 5.85. The number of H-pyrrole nitrogens is 1. The van der Waals surface area contributed by atoms with Gasteiger partial charge in [0.05, 0.1) is 12.2 Å². The van der Waals surface area contributed by atoms with Crippen molar-refractivity contribution in [1.82, 2.24) is 20.6 Å². The van der Waals surface area contributed by atoms with Crippen molar-refractivity contribution in [2.75, 3.05) is 11.5 Å². The summed E-state index contributed by atoms with van der Waals surface area (Å²) in [5.74, 6) is 5.95. The average Bonchev–Trinajstić information content (AvgIpc) is 2.69. The number of aromatic nitrogens is 3. The number of pyridine rings is 1. The van der Waals surface area contributed by atoms with Gasteiger partial charge in [0.2, 0.25) is 0 Å². The van der Waals surface area contributed by atoms with Crippen LogP contribution < -0.4 is 22.7 Å². The van der Waals surface area contributed by atoms with Gasteiger partial charge in [0.15, 0.2) is 0 Å². The lowest BCUT2D eigenvalue weighted by molar-refractivity contribution is 0.638. The van der Waals surface area contributed by atoms with E-state index in [1.54, 1.807) is 24.7 Å². The molecule has 84 valence electrons. The van der Waals surface area contributed by atoms with Gasteiger partial charge in [0, 0.05) is 29.2 Å². The summed E-state index contributed by atoms with van der Waals surface area (Å²) in [5.41, 5.74) is 16.3. The molecule has 0 aliphatic heterocycles.